The summed E-state index contributed by atoms with van der Waals surface area (Å²) in [6, 6.07) is 7.66. The van der Waals surface area contributed by atoms with Gasteiger partial charge in [0.05, 0.1) is 11.8 Å². The van der Waals surface area contributed by atoms with Gasteiger partial charge in [-0.05, 0) is 31.9 Å². The lowest BCUT2D eigenvalue weighted by Crippen LogP contribution is -2.27. The van der Waals surface area contributed by atoms with E-state index in [-0.39, 0.29) is 23.7 Å². The third-order valence-corrected chi connectivity index (χ3v) is 3.33. The second kappa shape index (κ2) is 5.87. The Morgan fingerprint density at radius 2 is 1.79 bits per heavy atom. The van der Waals surface area contributed by atoms with E-state index in [1.165, 1.54) is 0 Å². The average molecular weight is 260 g/mol. The summed E-state index contributed by atoms with van der Waals surface area (Å²) in [7, 11) is 0. The van der Waals surface area contributed by atoms with Crippen LogP contribution in [0.15, 0.2) is 24.3 Å². The number of rotatable bonds is 5. The van der Waals surface area contributed by atoms with E-state index >= 15 is 0 Å². The summed E-state index contributed by atoms with van der Waals surface area (Å²) in [4.78, 5) is 23.6. The average Bonchev–Trinajstić information content (AvgIpc) is 3.19. The van der Waals surface area contributed by atoms with E-state index in [4.69, 9.17) is 0 Å². The summed E-state index contributed by atoms with van der Waals surface area (Å²) in [5, 5.41) is 5.68. The fraction of sp³-hybridized carbons (Fsp3) is 0.467. The highest BCUT2D eigenvalue weighted by molar-refractivity contribution is 5.99. The van der Waals surface area contributed by atoms with Gasteiger partial charge in [0.1, 0.15) is 0 Å². The predicted octanol–water partition coefficient (Wildman–Crippen LogP) is 2.10. The molecule has 2 unspecified atom stereocenters. The van der Waals surface area contributed by atoms with Crippen molar-refractivity contribution in [2.24, 2.45) is 11.8 Å². The van der Waals surface area contributed by atoms with Crippen molar-refractivity contribution in [2.75, 3.05) is 11.9 Å². The van der Waals surface area contributed by atoms with Crippen LogP contribution in [-0.2, 0) is 9.59 Å². The Bertz CT molecular complexity index is 468. The van der Waals surface area contributed by atoms with E-state index in [9.17, 15) is 9.59 Å². The Kier molecular flexibility index (Phi) is 4.20. The first-order chi connectivity index (χ1) is 9.11. The summed E-state index contributed by atoms with van der Waals surface area (Å²) >= 11 is 0. The number of carbonyl (C=O) groups is 2. The molecule has 2 rings (SSSR count). The molecule has 19 heavy (non-hydrogen) atoms. The number of amides is 2. The van der Waals surface area contributed by atoms with Crippen LogP contribution in [0.2, 0.25) is 0 Å². The molecule has 0 saturated heterocycles. The minimum absolute atomic E-state index is 0.00547. The Morgan fingerprint density at radius 1 is 1.16 bits per heavy atom. The largest absolute Gasteiger partial charge is 0.356 e. The molecule has 0 heterocycles. The molecule has 0 aliphatic heterocycles. The van der Waals surface area contributed by atoms with Crippen molar-refractivity contribution in [1.29, 1.82) is 0 Å². The quantitative estimate of drug-likeness (QED) is 0.851. The summed E-state index contributed by atoms with van der Waals surface area (Å²) < 4.78 is 0. The number of hydrogen-bond acceptors (Lipinski definition) is 2. The zero-order valence-electron chi connectivity index (χ0n) is 11.4. The monoisotopic (exact) mass is 260 g/mol. The van der Waals surface area contributed by atoms with Gasteiger partial charge in [0, 0.05) is 12.2 Å². The van der Waals surface area contributed by atoms with Crippen molar-refractivity contribution in [3.63, 3.8) is 0 Å². The third kappa shape index (κ3) is 3.56. The molecule has 1 aromatic rings. The van der Waals surface area contributed by atoms with Crippen LogP contribution >= 0.6 is 0 Å². The number of carbonyl (C=O) groups excluding carboxylic acids is 2. The maximum absolute atomic E-state index is 12.0. The maximum atomic E-state index is 12.0. The van der Waals surface area contributed by atoms with Gasteiger partial charge in [-0.15, -0.1) is 0 Å². The molecule has 0 aromatic heterocycles. The van der Waals surface area contributed by atoms with Crippen LogP contribution < -0.4 is 10.6 Å². The molecule has 1 fully saturated rings. The number of nitrogens with one attached hydrogen (secondary N) is 2. The standard InChI is InChI=1S/C15H20N2O2/c1-3-8-16-14(18)12-9-13(12)15(19)17-11-6-4-10(2)5-7-11/h4-7,12-13H,3,8-9H2,1-2H3,(H,16,18)(H,17,19). The summed E-state index contributed by atoms with van der Waals surface area (Å²) in [5.41, 5.74) is 1.94. The third-order valence-electron chi connectivity index (χ3n) is 3.33. The van der Waals surface area contributed by atoms with Gasteiger partial charge in [0.2, 0.25) is 11.8 Å². The Morgan fingerprint density at radius 3 is 2.42 bits per heavy atom. The molecule has 2 atom stereocenters. The lowest BCUT2D eigenvalue weighted by Gasteiger charge is -2.05. The molecule has 0 bridgehead atoms. The lowest BCUT2D eigenvalue weighted by atomic mass is 10.2. The Labute approximate surface area is 113 Å². The number of anilines is 1. The highest BCUT2D eigenvalue weighted by Crippen LogP contribution is 2.39. The summed E-state index contributed by atoms with van der Waals surface area (Å²) in [6.45, 7) is 4.69. The number of benzene rings is 1. The van der Waals surface area contributed by atoms with Crippen molar-refractivity contribution in [1.82, 2.24) is 5.32 Å². The normalized spacial score (nSPS) is 20.7. The zero-order chi connectivity index (χ0) is 13.8. The van der Waals surface area contributed by atoms with Crippen molar-refractivity contribution < 1.29 is 9.59 Å². The van der Waals surface area contributed by atoms with E-state index in [0.717, 1.165) is 17.7 Å². The fourth-order valence-electron chi connectivity index (χ4n) is 2.03. The molecule has 1 aliphatic carbocycles. The van der Waals surface area contributed by atoms with E-state index in [0.29, 0.717) is 13.0 Å². The van der Waals surface area contributed by atoms with Crippen molar-refractivity contribution in [2.45, 2.75) is 26.7 Å². The van der Waals surface area contributed by atoms with Crippen molar-refractivity contribution in [3.05, 3.63) is 29.8 Å². The first-order valence-electron chi connectivity index (χ1n) is 6.77. The Hall–Kier alpha value is -1.84. The fourth-order valence-corrected chi connectivity index (χ4v) is 2.03. The van der Waals surface area contributed by atoms with Crippen LogP contribution in [0, 0.1) is 18.8 Å². The van der Waals surface area contributed by atoms with Crippen LogP contribution in [0.3, 0.4) is 0 Å². The smallest absolute Gasteiger partial charge is 0.228 e. The zero-order valence-corrected chi connectivity index (χ0v) is 11.4. The molecule has 1 saturated carbocycles. The number of hydrogen-bond donors (Lipinski definition) is 2. The number of aryl methyl sites for hydroxylation is 1. The summed E-state index contributed by atoms with van der Waals surface area (Å²) in [5.74, 6) is -0.360. The molecule has 2 amide bonds. The summed E-state index contributed by atoms with van der Waals surface area (Å²) in [6.07, 6.45) is 1.58. The van der Waals surface area contributed by atoms with Crippen molar-refractivity contribution in [3.8, 4) is 0 Å². The molecule has 4 nitrogen and oxygen atoms in total. The minimum atomic E-state index is -0.168. The van der Waals surface area contributed by atoms with Gasteiger partial charge in [-0.2, -0.15) is 0 Å². The molecular weight excluding hydrogens is 240 g/mol. The van der Waals surface area contributed by atoms with Gasteiger partial charge in [-0.25, -0.2) is 0 Å². The predicted molar refractivity (Wildman–Crippen MR) is 74.7 cm³/mol. The second-order valence-electron chi connectivity index (χ2n) is 5.09. The van der Waals surface area contributed by atoms with E-state index < -0.39 is 0 Å². The minimum Gasteiger partial charge on any atom is -0.356 e. The maximum Gasteiger partial charge on any atom is 0.228 e. The van der Waals surface area contributed by atoms with Crippen LogP contribution in [0.25, 0.3) is 0 Å². The van der Waals surface area contributed by atoms with Gasteiger partial charge in [-0.1, -0.05) is 24.6 Å². The molecule has 1 aliphatic rings. The molecule has 0 radical (unpaired) electrons. The van der Waals surface area contributed by atoms with Gasteiger partial charge in [0.25, 0.3) is 0 Å². The topological polar surface area (TPSA) is 58.2 Å². The lowest BCUT2D eigenvalue weighted by molar-refractivity contribution is -0.125. The van der Waals surface area contributed by atoms with Crippen LogP contribution in [0.1, 0.15) is 25.3 Å². The van der Waals surface area contributed by atoms with Crippen LogP contribution in [0.5, 0.6) is 0 Å². The van der Waals surface area contributed by atoms with Gasteiger partial charge >= 0.3 is 0 Å². The van der Waals surface area contributed by atoms with Crippen LogP contribution in [-0.4, -0.2) is 18.4 Å². The van der Waals surface area contributed by atoms with E-state index in [1.54, 1.807) is 0 Å². The molecule has 4 heteroatoms. The molecule has 2 N–H and O–H groups in total. The van der Waals surface area contributed by atoms with E-state index in [2.05, 4.69) is 10.6 Å². The molecule has 0 spiro atoms. The highest BCUT2D eigenvalue weighted by Gasteiger charge is 2.47. The van der Waals surface area contributed by atoms with Gasteiger partial charge in [-0.3, -0.25) is 9.59 Å². The van der Waals surface area contributed by atoms with Crippen LogP contribution in [0.4, 0.5) is 5.69 Å². The Balaban J connectivity index is 1.82. The SMILES string of the molecule is CCCNC(=O)C1CC1C(=O)Nc1ccc(C)cc1. The molecule has 1 aromatic carbocycles. The highest BCUT2D eigenvalue weighted by atomic mass is 16.2. The van der Waals surface area contributed by atoms with E-state index in [1.807, 2.05) is 38.1 Å². The first kappa shape index (κ1) is 13.6. The van der Waals surface area contributed by atoms with Crippen molar-refractivity contribution >= 4 is 17.5 Å². The molecular formula is C15H20N2O2. The molecule has 102 valence electrons. The van der Waals surface area contributed by atoms with Gasteiger partial charge < -0.3 is 10.6 Å². The van der Waals surface area contributed by atoms with Gasteiger partial charge in [0.15, 0.2) is 0 Å². The second-order valence-corrected chi connectivity index (χ2v) is 5.09. The first-order valence-corrected chi connectivity index (χ1v) is 6.77.